The zero-order valence-corrected chi connectivity index (χ0v) is 19.1. The number of benzene rings is 3. The summed E-state index contributed by atoms with van der Waals surface area (Å²) < 4.78 is 0. The maximum Gasteiger partial charge on any atom is 0.243 e. The Morgan fingerprint density at radius 3 is 1.74 bits per heavy atom. The van der Waals surface area contributed by atoms with Crippen molar-refractivity contribution in [3.63, 3.8) is 0 Å². The van der Waals surface area contributed by atoms with E-state index in [1.807, 2.05) is 60.7 Å². The number of hydrogen-bond acceptors (Lipinski definition) is 5. The average Bonchev–Trinajstić information content (AvgIpc) is 2.88. The number of unbranched alkanes of at least 4 members (excludes halogenated alkanes) is 3. The number of nitrogens with zero attached hydrogens (tertiary/aromatic N) is 2. The topological polar surface area (TPSA) is 94.0 Å². The van der Waals surface area contributed by atoms with Gasteiger partial charge in [0.25, 0.3) is 0 Å². The molecule has 0 fully saturated rings. The molecule has 0 atom stereocenters. The number of hydrogen-bond donors (Lipinski definition) is 3. The number of carbonyl (C=O) groups is 2. The Bertz CT molecular complexity index is 1010. The third kappa shape index (κ3) is 7.86. The summed E-state index contributed by atoms with van der Waals surface area (Å²) in [7, 11) is 0. The SMILES string of the molecule is O=C(CCCCCCC(=O)N/N=C/c1ccc(N(c2ccccc2)c2ccccc2)cc1)NO. The Hall–Kier alpha value is -3.97. The molecular weight excluding hydrogens is 428 g/mol. The smallest absolute Gasteiger partial charge is 0.243 e. The van der Waals surface area contributed by atoms with Gasteiger partial charge in [0.1, 0.15) is 0 Å². The lowest BCUT2D eigenvalue weighted by Gasteiger charge is -2.25. The van der Waals surface area contributed by atoms with Gasteiger partial charge in [0.15, 0.2) is 0 Å². The van der Waals surface area contributed by atoms with E-state index in [0.717, 1.165) is 41.9 Å². The zero-order chi connectivity index (χ0) is 24.0. The second kappa shape index (κ2) is 13.5. The van der Waals surface area contributed by atoms with Crippen molar-refractivity contribution in [2.45, 2.75) is 38.5 Å². The second-order valence-corrected chi connectivity index (χ2v) is 7.84. The molecular formula is C27H30N4O3. The van der Waals surface area contributed by atoms with Crippen molar-refractivity contribution in [2.75, 3.05) is 4.90 Å². The Balaban J connectivity index is 1.51. The van der Waals surface area contributed by atoms with E-state index in [9.17, 15) is 9.59 Å². The van der Waals surface area contributed by atoms with Crippen LogP contribution in [0.1, 0.15) is 44.1 Å². The summed E-state index contributed by atoms with van der Waals surface area (Å²) in [5.41, 5.74) is 8.22. The highest BCUT2D eigenvalue weighted by Crippen LogP contribution is 2.33. The fourth-order valence-corrected chi connectivity index (χ4v) is 3.53. The molecule has 7 nitrogen and oxygen atoms in total. The molecule has 0 unspecified atom stereocenters. The van der Waals surface area contributed by atoms with Gasteiger partial charge in [-0.3, -0.25) is 14.8 Å². The molecule has 0 spiro atoms. The molecule has 34 heavy (non-hydrogen) atoms. The molecule has 0 radical (unpaired) electrons. The predicted molar refractivity (Wildman–Crippen MR) is 134 cm³/mol. The standard InChI is InChI=1S/C27H30N4O3/c32-26(15-9-1-2-10-16-27(33)30-34)29-28-21-22-17-19-25(20-18-22)31(23-11-5-3-6-12-23)24-13-7-4-8-14-24/h3-8,11-14,17-21,34H,1-2,9-10,15-16H2,(H,29,32)(H,30,33)/b28-21+. The predicted octanol–water partition coefficient (Wildman–Crippen LogP) is 5.45. The minimum atomic E-state index is -0.382. The average molecular weight is 459 g/mol. The Morgan fingerprint density at radius 2 is 1.21 bits per heavy atom. The molecule has 0 bridgehead atoms. The van der Waals surface area contributed by atoms with Crippen LogP contribution in [-0.2, 0) is 9.59 Å². The minimum Gasteiger partial charge on any atom is -0.311 e. The second-order valence-electron chi connectivity index (χ2n) is 7.84. The van der Waals surface area contributed by atoms with Crippen LogP contribution in [-0.4, -0.2) is 23.2 Å². The van der Waals surface area contributed by atoms with Gasteiger partial charge in [0.2, 0.25) is 11.8 Å². The number of anilines is 3. The van der Waals surface area contributed by atoms with Crippen molar-refractivity contribution in [1.29, 1.82) is 0 Å². The van der Waals surface area contributed by atoms with Crippen LogP contribution in [0.2, 0.25) is 0 Å². The maximum atomic E-state index is 11.9. The fourth-order valence-electron chi connectivity index (χ4n) is 3.53. The van der Waals surface area contributed by atoms with Crippen molar-refractivity contribution < 1.29 is 14.8 Å². The molecule has 3 aromatic rings. The summed E-state index contributed by atoms with van der Waals surface area (Å²) in [6, 6.07) is 28.4. The van der Waals surface area contributed by atoms with Crippen LogP contribution in [0.25, 0.3) is 0 Å². The van der Waals surface area contributed by atoms with E-state index in [1.165, 1.54) is 0 Å². The molecule has 0 aliphatic rings. The lowest BCUT2D eigenvalue weighted by Crippen LogP contribution is -2.18. The number of para-hydroxylation sites is 2. The summed E-state index contributed by atoms with van der Waals surface area (Å²) in [6.07, 6.45) is 5.39. The van der Waals surface area contributed by atoms with Crippen molar-refractivity contribution in [1.82, 2.24) is 10.9 Å². The molecule has 3 rings (SSSR count). The minimum absolute atomic E-state index is 0.139. The van der Waals surface area contributed by atoms with E-state index in [0.29, 0.717) is 19.3 Å². The van der Waals surface area contributed by atoms with Crippen molar-refractivity contribution in [3.8, 4) is 0 Å². The van der Waals surface area contributed by atoms with E-state index in [4.69, 9.17) is 5.21 Å². The van der Waals surface area contributed by atoms with Gasteiger partial charge < -0.3 is 4.90 Å². The highest BCUT2D eigenvalue weighted by atomic mass is 16.5. The number of carbonyl (C=O) groups excluding carboxylic acids is 2. The van der Waals surface area contributed by atoms with Crippen LogP contribution >= 0.6 is 0 Å². The van der Waals surface area contributed by atoms with Gasteiger partial charge >= 0.3 is 0 Å². The summed E-state index contributed by atoms with van der Waals surface area (Å²) in [4.78, 5) is 25.1. The van der Waals surface area contributed by atoms with Crippen LogP contribution < -0.4 is 15.8 Å². The highest BCUT2D eigenvalue weighted by Gasteiger charge is 2.11. The molecule has 0 heterocycles. The number of hydrazone groups is 1. The monoisotopic (exact) mass is 458 g/mol. The van der Waals surface area contributed by atoms with Crippen molar-refractivity contribution >= 4 is 35.1 Å². The first-order valence-electron chi connectivity index (χ1n) is 11.4. The van der Waals surface area contributed by atoms with Gasteiger partial charge in [-0.1, -0.05) is 61.4 Å². The first-order valence-corrected chi connectivity index (χ1v) is 11.4. The zero-order valence-electron chi connectivity index (χ0n) is 19.1. The number of amides is 2. The molecule has 3 N–H and O–H groups in total. The molecule has 0 aromatic heterocycles. The van der Waals surface area contributed by atoms with Gasteiger partial charge in [0.05, 0.1) is 6.21 Å². The quantitative estimate of drug-likeness (QED) is 0.146. The summed E-state index contributed by atoms with van der Waals surface area (Å²) in [5.74, 6) is -0.520. The molecule has 0 aliphatic carbocycles. The van der Waals surface area contributed by atoms with E-state index >= 15 is 0 Å². The van der Waals surface area contributed by atoms with Crippen molar-refractivity contribution in [2.24, 2.45) is 5.10 Å². The highest BCUT2D eigenvalue weighted by molar-refractivity contribution is 5.84. The Morgan fingerprint density at radius 1 is 0.706 bits per heavy atom. The van der Waals surface area contributed by atoms with Crippen molar-refractivity contribution in [3.05, 3.63) is 90.5 Å². The lowest BCUT2D eigenvalue weighted by molar-refractivity contribution is -0.129. The van der Waals surface area contributed by atoms with Gasteiger partial charge in [0, 0.05) is 29.9 Å². The van der Waals surface area contributed by atoms with E-state index in [-0.39, 0.29) is 11.8 Å². The van der Waals surface area contributed by atoms with E-state index < -0.39 is 0 Å². The molecule has 3 aromatic carbocycles. The third-order valence-corrected chi connectivity index (χ3v) is 5.27. The number of nitrogens with one attached hydrogen (secondary N) is 2. The molecule has 176 valence electrons. The molecule has 7 heteroatoms. The summed E-state index contributed by atoms with van der Waals surface area (Å²) in [6.45, 7) is 0. The summed E-state index contributed by atoms with van der Waals surface area (Å²) in [5, 5.41) is 12.5. The Labute approximate surface area is 200 Å². The first kappa shape index (κ1) is 24.7. The van der Waals surface area contributed by atoms with Crippen LogP contribution in [0.5, 0.6) is 0 Å². The number of rotatable bonds is 12. The maximum absolute atomic E-state index is 11.9. The van der Waals surface area contributed by atoms with Gasteiger partial charge in [-0.15, -0.1) is 0 Å². The van der Waals surface area contributed by atoms with E-state index in [1.54, 1.807) is 11.7 Å². The largest absolute Gasteiger partial charge is 0.311 e. The fraction of sp³-hybridized carbons (Fsp3) is 0.222. The number of hydroxylamine groups is 1. The molecule has 2 amide bonds. The van der Waals surface area contributed by atoms with Gasteiger partial charge in [-0.05, 0) is 54.8 Å². The van der Waals surface area contributed by atoms with Crippen LogP contribution in [0.15, 0.2) is 90.0 Å². The lowest BCUT2D eigenvalue weighted by atomic mass is 10.1. The van der Waals surface area contributed by atoms with E-state index in [2.05, 4.69) is 39.7 Å². The third-order valence-electron chi connectivity index (χ3n) is 5.27. The molecule has 0 aliphatic heterocycles. The van der Waals surface area contributed by atoms with Gasteiger partial charge in [-0.2, -0.15) is 5.10 Å². The first-order chi connectivity index (χ1) is 16.7. The van der Waals surface area contributed by atoms with Crippen LogP contribution in [0.3, 0.4) is 0 Å². The molecule has 0 saturated carbocycles. The normalized spacial score (nSPS) is 10.7. The van der Waals surface area contributed by atoms with Crippen LogP contribution in [0, 0.1) is 0 Å². The molecule has 0 saturated heterocycles. The van der Waals surface area contributed by atoms with Gasteiger partial charge in [-0.25, -0.2) is 10.9 Å². The summed E-state index contributed by atoms with van der Waals surface area (Å²) >= 11 is 0. The van der Waals surface area contributed by atoms with Crippen LogP contribution in [0.4, 0.5) is 17.1 Å². The Kier molecular flexibility index (Phi) is 9.83.